The summed E-state index contributed by atoms with van der Waals surface area (Å²) < 4.78 is 4.99. The van der Waals surface area contributed by atoms with Crippen LogP contribution >= 0.6 is 11.6 Å². The summed E-state index contributed by atoms with van der Waals surface area (Å²) in [5.41, 5.74) is 2.14. The van der Waals surface area contributed by atoms with E-state index in [0.717, 1.165) is 17.9 Å². The van der Waals surface area contributed by atoms with Gasteiger partial charge in [0.05, 0.1) is 12.0 Å². The van der Waals surface area contributed by atoms with E-state index in [-0.39, 0.29) is 5.38 Å². The third-order valence-electron chi connectivity index (χ3n) is 2.14. The SMILES string of the molecule is COCC(Cl)CN(C)c1ccnc(C)c1. The summed E-state index contributed by atoms with van der Waals surface area (Å²) in [5, 5.41) is 0.00784. The molecule has 0 amide bonds. The minimum absolute atomic E-state index is 0.00784. The number of anilines is 1. The second-order valence-electron chi connectivity index (χ2n) is 3.59. The molecule has 0 aromatic carbocycles. The number of alkyl halides is 1. The fourth-order valence-corrected chi connectivity index (χ4v) is 1.74. The molecule has 0 spiro atoms. The van der Waals surface area contributed by atoms with E-state index in [4.69, 9.17) is 16.3 Å². The predicted molar refractivity (Wildman–Crippen MR) is 63.8 cm³/mol. The van der Waals surface area contributed by atoms with Crippen molar-refractivity contribution < 1.29 is 4.74 Å². The first-order valence-electron chi connectivity index (χ1n) is 4.90. The van der Waals surface area contributed by atoms with E-state index in [9.17, 15) is 0 Å². The zero-order chi connectivity index (χ0) is 11.3. The molecule has 0 radical (unpaired) electrons. The largest absolute Gasteiger partial charge is 0.383 e. The maximum Gasteiger partial charge on any atom is 0.0744 e. The Kier molecular flexibility index (Phi) is 4.85. The number of hydrogen-bond acceptors (Lipinski definition) is 3. The van der Waals surface area contributed by atoms with E-state index in [2.05, 4.69) is 9.88 Å². The summed E-state index contributed by atoms with van der Waals surface area (Å²) in [6.07, 6.45) is 1.81. The van der Waals surface area contributed by atoms with Gasteiger partial charge in [-0.25, -0.2) is 0 Å². The van der Waals surface area contributed by atoms with Crippen LogP contribution in [0.1, 0.15) is 5.69 Å². The second kappa shape index (κ2) is 5.93. The van der Waals surface area contributed by atoms with Crippen LogP contribution in [0.5, 0.6) is 0 Å². The van der Waals surface area contributed by atoms with Crippen molar-refractivity contribution in [3.05, 3.63) is 24.0 Å². The molecule has 1 unspecified atom stereocenters. The lowest BCUT2D eigenvalue weighted by Gasteiger charge is -2.22. The summed E-state index contributed by atoms with van der Waals surface area (Å²) in [5.74, 6) is 0. The van der Waals surface area contributed by atoms with Gasteiger partial charge in [0.2, 0.25) is 0 Å². The molecule has 1 rings (SSSR count). The van der Waals surface area contributed by atoms with Gasteiger partial charge in [0.1, 0.15) is 0 Å². The van der Waals surface area contributed by atoms with Crippen LogP contribution in [-0.4, -0.2) is 37.7 Å². The van der Waals surface area contributed by atoms with Gasteiger partial charge in [-0.05, 0) is 19.1 Å². The zero-order valence-corrected chi connectivity index (χ0v) is 10.2. The molecule has 0 saturated heterocycles. The average molecular weight is 229 g/mol. The molecule has 0 fully saturated rings. The fraction of sp³-hybridized carbons (Fsp3) is 0.545. The molecule has 3 nitrogen and oxygen atoms in total. The van der Waals surface area contributed by atoms with Gasteiger partial charge in [-0.2, -0.15) is 0 Å². The number of methoxy groups -OCH3 is 1. The molecule has 1 aromatic heterocycles. The van der Waals surface area contributed by atoms with E-state index in [1.807, 2.05) is 26.1 Å². The van der Waals surface area contributed by atoms with E-state index < -0.39 is 0 Å². The highest BCUT2D eigenvalue weighted by molar-refractivity contribution is 6.21. The average Bonchev–Trinajstić information content (AvgIpc) is 2.18. The molecule has 0 aliphatic heterocycles. The van der Waals surface area contributed by atoms with Gasteiger partial charge in [-0.1, -0.05) is 0 Å². The minimum Gasteiger partial charge on any atom is -0.383 e. The van der Waals surface area contributed by atoms with E-state index in [0.29, 0.717) is 6.61 Å². The summed E-state index contributed by atoms with van der Waals surface area (Å²) >= 11 is 6.08. The maximum absolute atomic E-state index is 6.08. The van der Waals surface area contributed by atoms with Gasteiger partial charge in [-0.15, -0.1) is 11.6 Å². The number of pyridine rings is 1. The van der Waals surface area contributed by atoms with Gasteiger partial charge in [0, 0.05) is 38.3 Å². The fourth-order valence-electron chi connectivity index (χ4n) is 1.40. The number of aromatic nitrogens is 1. The van der Waals surface area contributed by atoms with Crippen molar-refractivity contribution in [2.45, 2.75) is 12.3 Å². The highest BCUT2D eigenvalue weighted by atomic mass is 35.5. The third-order valence-corrected chi connectivity index (χ3v) is 2.40. The first-order chi connectivity index (χ1) is 7.13. The van der Waals surface area contributed by atoms with Crippen LogP contribution in [0.25, 0.3) is 0 Å². The van der Waals surface area contributed by atoms with Crippen molar-refractivity contribution in [2.75, 3.05) is 32.2 Å². The monoisotopic (exact) mass is 228 g/mol. The molecular weight excluding hydrogens is 212 g/mol. The summed E-state index contributed by atoms with van der Waals surface area (Å²) in [4.78, 5) is 6.26. The first kappa shape index (κ1) is 12.3. The van der Waals surface area contributed by atoms with Crippen LogP contribution < -0.4 is 4.90 Å². The standard InChI is InChI=1S/C11H17ClN2O/c1-9-6-11(4-5-13-9)14(2)7-10(12)8-15-3/h4-6,10H,7-8H2,1-3H3. The normalized spacial score (nSPS) is 12.5. The summed E-state index contributed by atoms with van der Waals surface area (Å²) in [6.45, 7) is 3.31. The van der Waals surface area contributed by atoms with Crippen molar-refractivity contribution in [1.29, 1.82) is 0 Å². The van der Waals surface area contributed by atoms with Gasteiger partial charge in [-0.3, -0.25) is 4.98 Å². The molecule has 1 atom stereocenters. The molecule has 1 aromatic rings. The van der Waals surface area contributed by atoms with Crippen molar-refractivity contribution in [1.82, 2.24) is 4.98 Å². The Balaban J connectivity index is 2.56. The maximum atomic E-state index is 6.08. The van der Waals surface area contributed by atoms with Crippen LogP contribution in [0.15, 0.2) is 18.3 Å². The molecule has 84 valence electrons. The first-order valence-corrected chi connectivity index (χ1v) is 5.34. The number of aryl methyl sites for hydroxylation is 1. The molecular formula is C11H17ClN2O. The molecule has 4 heteroatoms. The number of hydrogen-bond donors (Lipinski definition) is 0. The lowest BCUT2D eigenvalue weighted by molar-refractivity contribution is 0.199. The third kappa shape index (κ3) is 4.06. The highest BCUT2D eigenvalue weighted by Gasteiger charge is 2.08. The Hall–Kier alpha value is -0.800. The lowest BCUT2D eigenvalue weighted by Crippen LogP contribution is -2.28. The highest BCUT2D eigenvalue weighted by Crippen LogP contribution is 2.13. The van der Waals surface area contributed by atoms with E-state index in [1.54, 1.807) is 13.3 Å². The molecule has 1 heterocycles. The quantitative estimate of drug-likeness (QED) is 0.722. The van der Waals surface area contributed by atoms with Crippen LogP contribution in [0.2, 0.25) is 0 Å². The van der Waals surface area contributed by atoms with Crippen LogP contribution in [-0.2, 0) is 4.74 Å². The van der Waals surface area contributed by atoms with Crippen molar-refractivity contribution >= 4 is 17.3 Å². The smallest absolute Gasteiger partial charge is 0.0744 e. The number of rotatable bonds is 5. The Morgan fingerprint density at radius 1 is 1.60 bits per heavy atom. The van der Waals surface area contributed by atoms with Crippen molar-refractivity contribution in [3.63, 3.8) is 0 Å². The summed E-state index contributed by atoms with van der Waals surface area (Å²) in [6, 6.07) is 4.01. The summed E-state index contributed by atoms with van der Waals surface area (Å²) in [7, 11) is 3.67. The van der Waals surface area contributed by atoms with Crippen molar-refractivity contribution in [2.24, 2.45) is 0 Å². The number of nitrogens with zero attached hydrogens (tertiary/aromatic N) is 2. The Labute approximate surface area is 96.0 Å². The van der Waals surface area contributed by atoms with Crippen LogP contribution in [0.3, 0.4) is 0 Å². The molecule has 0 bridgehead atoms. The molecule has 0 aliphatic rings. The topological polar surface area (TPSA) is 25.4 Å². The zero-order valence-electron chi connectivity index (χ0n) is 9.40. The van der Waals surface area contributed by atoms with Gasteiger partial charge in [0.25, 0.3) is 0 Å². The van der Waals surface area contributed by atoms with Crippen LogP contribution in [0.4, 0.5) is 5.69 Å². The van der Waals surface area contributed by atoms with Crippen LogP contribution in [0, 0.1) is 6.92 Å². The van der Waals surface area contributed by atoms with E-state index in [1.165, 1.54) is 0 Å². The number of halogens is 1. The lowest BCUT2D eigenvalue weighted by atomic mass is 10.3. The molecule has 15 heavy (non-hydrogen) atoms. The Bertz CT molecular complexity index is 306. The van der Waals surface area contributed by atoms with E-state index >= 15 is 0 Å². The van der Waals surface area contributed by atoms with Crippen molar-refractivity contribution in [3.8, 4) is 0 Å². The Morgan fingerprint density at radius 2 is 2.33 bits per heavy atom. The second-order valence-corrected chi connectivity index (χ2v) is 4.21. The Morgan fingerprint density at radius 3 is 2.93 bits per heavy atom. The molecule has 0 saturated carbocycles. The minimum atomic E-state index is 0.00784. The molecule has 0 N–H and O–H groups in total. The number of ether oxygens (including phenoxy) is 1. The van der Waals surface area contributed by atoms with Gasteiger partial charge < -0.3 is 9.64 Å². The molecule has 0 aliphatic carbocycles. The van der Waals surface area contributed by atoms with Gasteiger partial charge in [0.15, 0.2) is 0 Å². The predicted octanol–water partition coefficient (Wildman–Crippen LogP) is 2.08. The van der Waals surface area contributed by atoms with Gasteiger partial charge >= 0.3 is 0 Å².